The van der Waals surface area contributed by atoms with Gasteiger partial charge in [-0.25, -0.2) is 0 Å². The number of phenolic OH excluding ortho intramolecular Hbond substituents is 1. The fraction of sp³-hybridized carbons (Fsp3) is 0.333. The zero-order chi connectivity index (χ0) is 21.0. The second kappa shape index (κ2) is 6.66. The van der Waals surface area contributed by atoms with Crippen molar-refractivity contribution in [1.29, 1.82) is 0 Å². The summed E-state index contributed by atoms with van der Waals surface area (Å²) in [4.78, 5) is 0. The van der Waals surface area contributed by atoms with Crippen LogP contribution >= 0.6 is 0 Å². The highest BCUT2D eigenvalue weighted by Crippen LogP contribution is 2.40. The third-order valence-electron chi connectivity index (χ3n) is 5.81. The summed E-state index contributed by atoms with van der Waals surface area (Å²) in [5.74, 6) is 0.441. The first kappa shape index (κ1) is 19.6. The number of phenols is 1. The Morgan fingerprint density at radius 3 is 1.52 bits per heavy atom. The van der Waals surface area contributed by atoms with Crippen molar-refractivity contribution >= 4 is 21.8 Å². The van der Waals surface area contributed by atoms with Crippen molar-refractivity contribution in [1.82, 2.24) is 4.57 Å². The Kier molecular flexibility index (Phi) is 4.49. The van der Waals surface area contributed by atoms with Crippen LogP contribution in [0.25, 0.3) is 21.8 Å². The van der Waals surface area contributed by atoms with E-state index in [2.05, 4.69) is 107 Å². The number of fused-ring (bicyclic) bond motifs is 3. The number of para-hydroxylation sites is 2. The molecule has 4 rings (SSSR count). The van der Waals surface area contributed by atoms with Crippen LogP contribution in [0.15, 0.2) is 60.7 Å². The van der Waals surface area contributed by atoms with Crippen molar-refractivity contribution in [3.8, 4) is 5.75 Å². The molecule has 29 heavy (non-hydrogen) atoms. The summed E-state index contributed by atoms with van der Waals surface area (Å²) in [6, 6.07) is 21.6. The zero-order valence-corrected chi connectivity index (χ0v) is 18.4. The minimum absolute atomic E-state index is 0.124. The normalized spacial score (nSPS) is 12.8. The fourth-order valence-corrected chi connectivity index (χ4v) is 4.29. The van der Waals surface area contributed by atoms with E-state index in [1.54, 1.807) is 0 Å². The van der Waals surface area contributed by atoms with Crippen LogP contribution in [0.3, 0.4) is 0 Å². The van der Waals surface area contributed by atoms with Gasteiger partial charge in [0.25, 0.3) is 0 Å². The SMILES string of the molecule is CC(C)(C)c1cc(Cn2c3ccccc3c3ccccc32)cc(C(C)(C)C)c1O. The van der Waals surface area contributed by atoms with Crippen molar-refractivity contribution in [2.75, 3.05) is 0 Å². The van der Waals surface area contributed by atoms with Crippen molar-refractivity contribution in [3.05, 3.63) is 77.4 Å². The molecule has 3 aromatic carbocycles. The summed E-state index contributed by atoms with van der Waals surface area (Å²) in [5.41, 5.74) is 5.50. The van der Waals surface area contributed by atoms with Gasteiger partial charge in [-0.3, -0.25) is 0 Å². The van der Waals surface area contributed by atoms with E-state index < -0.39 is 0 Å². The highest BCUT2D eigenvalue weighted by Gasteiger charge is 2.26. The first-order valence-corrected chi connectivity index (χ1v) is 10.4. The van der Waals surface area contributed by atoms with E-state index in [4.69, 9.17) is 0 Å². The maximum atomic E-state index is 11.0. The molecule has 0 bridgehead atoms. The topological polar surface area (TPSA) is 25.2 Å². The number of aromatic nitrogens is 1. The summed E-state index contributed by atoms with van der Waals surface area (Å²) in [5, 5.41) is 13.6. The average Bonchev–Trinajstić information content (AvgIpc) is 2.95. The molecule has 0 atom stereocenters. The highest BCUT2D eigenvalue weighted by atomic mass is 16.3. The third-order valence-corrected chi connectivity index (χ3v) is 5.81. The van der Waals surface area contributed by atoms with Crippen LogP contribution in [0.4, 0.5) is 0 Å². The Morgan fingerprint density at radius 1 is 0.690 bits per heavy atom. The molecule has 1 heterocycles. The standard InChI is InChI=1S/C27H31NO/c1-26(2,3)21-15-18(16-22(25(21)29)27(4,5)6)17-28-23-13-9-7-11-19(23)20-12-8-10-14-24(20)28/h7-16,29H,17H2,1-6H3. The van der Waals surface area contributed by atoms with Crippen molar-refractivity contribution in [3.63, 3.8) is 0 Å². The fourth-order valence-electron chi connectivity index (χ4n) is 4.29. The molecule has 0 amide bonds. The minimum atomic E-state index is -0.124. The summed E-state index contributed by atoms with van der Waals surface area (Å²) in [7, 11) is 0. The van der Waals surface area contributed by atoms with Gasteiger partial charge in [-0.15, -0.1) is 0 Å². The third kappa shape index (κ3) is 3.42. The molecule has 150 valence electrons. The van der Waals surface area contributed by atoms with E-state index in [9.17, 15) is 5.11 Å². The molecule has 0 radical (unpaired) electrons. The van der Waals surface area contributed by atoms with Gasteiger partial charge in [0.15, 0.2) is 0 Å². The van der Waals surface area contributed by atoms with Crippen molar-refractivity contribution < 1.29 is 5.11 Å². The largest absolute Gasteiger partial charge is 0.507 e. The van der Waals surface area contributed by atoms with Crippen LogP contribution in [0.2, 0.25) is 0 Å². The van der Waals surface area contributed by atoms with E-state index in [0.717, 1.165) is 17.7 Å². The van der Waals surface area contributed by atoms with Gasteiger partial charge in [0.2, 0.25) is 0 Å². The molecular formula is C27H31NO. The Morgan fingerprint density at radius 2 is 1.10 bits per heavy atom. The molecule has 0 spiro atoms. The van der Waals surface area contributed by atoms with Gasteiger partial charge in [0.1, 0.15) is 5.75 Å². The molecule has 1 aromatic heterocycles. The van der Waals surface area contributed by atoms with Crippen LogP contribution in [0.1, 0.15) is 58.2 Å². The molecule has 0 unspecified atom stereocenters. The van der Waals surface area contributed by atoms with Crippen LogP contribution in [0.5, 0.6) is 5.75 Å². The Balaban J connectivity index is 1.95. The van der Waals surface area contributed by atoms with Gasteiger partial charge in [-0.2, -0.15) is 0 Å². The van der Waals surface area contributed by atoms with Gasteiger partial charge < -0.3 is 9.67 Å². The van der Waals surface area contributed by atoms with Crippen LogP contribution in [-0.4, -0.2) is 9.67 Å². The Bertz CT molecular complexity index is 1110. The number of rotatable bonds is 2. The number of hydrogen-bond donors (Lipinski definition) is 1. The molecular weight excluding hydrogens is 354 g/mol. The predicted octanol–water partition coefficient (Wildman–Crippen LogP) is 7.14. The lowest BCUT2D eigenvalue weighted by Crippen LogP contribution is -2.18. The maximum absolute atomic E-state index is 11.0. The molecule has 0 aliphatic carbocycles. The summed E-state index contributed by atoms with van der Waals surface area (Å²) in [6.45, 7) is 13.8. The molecule has 1 N–H and O–H groups in total. The Hall–Kier alpha value is -2.74. The molecule has 0 aliphatic heterocycles. The average molecular weight is 386 g/mol. The summed E-state index contributed by atoms with van der Waals surface area (Å²) >= 11 is 0. The molecule has 2 nitrogen and oxygen atoms in total. The second-order valence-corrected chi connectivity index (χ2v) is 10.2. The predicted molar refractivity (Wildman–Crippen MR) is 124 cm³/mol. The molecule has 4 aromatic rings. The molecule has 0 aliphatic rings. The number of hydrogen-bond acceptors (Lipinski definition) is 1. The lowest BCUT2D eigenvalue weighted by molar-refractivity contribution is 0.422. The first-order valence-electron chi connectivity index (χ1n) is 10.4. The van der Waals surface area contributed by atoms with Gasteiger partial charge in [0, 0.05) is 28.4 Å². The molecule has 0 saturated heterocycles. The summed E-state index contributed by atoms with van der Waals surface area (Å²) in [6.07, 6.45) is 0. The van der Waals surface area contributed by atoms with Crippen molar-refractivity contribution in [2.24, 2.45) is 0 Å². The van der Waals surface area contributed by atoms with E-state index >= 15 is 0 Å². The number of nitrogens with zero attached hydrogens (tertiary/aromatic N) is 1. The van der Waals surface area contributed by atoms with Crippen LogP contribution in [0, 0.1) is 0 Å². The molecule has 0 saturated carbocycles. The quantitative estimate of drug-likeness (QED) is 0.389. The Labute approximate surface area is 173 Å². The lowest BCUT2D eigenvalue weighted by atomic mass is 9.78. The van der Waals surface area contributed by atoms with E-state index in [0.29, 0.717) is 5.75 Å². The highest BCUT2D eigenvalue weighted by molar-refractivity contribution is 6.08. The second-order valence-electron chi connectivity index (χ2n) is 10.2. The van der Waals surface area contributed by atoms with Gasteiger partial charge in [-0.1, -0.05) is 77.9 Å². The monoisotopic (exact) mass is 385 g/mol. The van der Waals surface area contributed by atoms with E-state index in [-0.39, 0.29) is 10.8 Å². The van der Waals surface area contributed by atoms with Gasteiger partial charge in [0.05, 0.1) is 0 Å². The maximum Gasteiger partial charge on any atom is 0.123 e. The van der Waals surface area contributed by atoms with E-state index in [1.807, 2.05) is 0 Å². The first-order chi connectivity index (χ1) is 13.6. The van der Waals surface area contributed by atoms with Crippen LogP contribution in [-0.2, 0) is 17.4 Å². The van der Waals surface area contributed by atoms with Gasteiger partial charge >= 0.3 is 0 Å². The summed E-state index contributed by atoms with van der Waals surface area (Å²) < 4.78 is 2.40. The lowest BCUT2D eigenvalue weighted by Gasteiger charge is -2.28. The smallest absolute Gasteiger partial charge is 0.123 e. The number of benzene rings is 3. The minimum Gasteiger partial charge on any atom is -0.507 e. The number of aromatic hydroxyl groups is 1. The van der Waals surface area contributed by atoms with Crippen molar-refractivity contribution in [2.45, 2.75) is 58.9 Å². The molecule has 2 heteroatoms. The zero-order valence-electron chi connectivity index (χ0n) is 18.4. The van der Waals surface area contributed by atoms with E-state index in [1.165, 1.54) is 27.4 Å². The van der Waals surface area contributed by atoms with Gasteiger partial charge in [-0.05, 0) is 51.8 Å². The van der Waals surface area contributed by atoms with Crippen LogP contribution < -0.4 is 0 Å². The molecule has 0 fully saturated rings.